The Labute approximate surface area is 43.5 Å². The number of aliphatic hydroxyl groups is 1. The molecule has 0 aliphatic carbocycles. The average Bonchev–Trinajstić information content (AvgIpc) is 1.68. The summed E-state index contributed by atoms with van der Waals surface area (Å²) in [6.07, 6.45) is 0. The van der Waals surface area contributed by atoms with Crippen LogP contribution in [0, 0.1) is 0 Å². The second-order valence-corrected chi connectivity index (χ2v) is 1.42. The van der Waals surface area contributed by atoms with Crippen LogP contribution in [0.15, 0.2) is 0 Å². The summed E-state index contributed by atoms with van der Waals surface area (Å²) in [7, 11) is 3.36. The van der Waals surface area contributed by atoms with Crippen molar-refractivity contribution in [2.24, 2.45) is 0 Å². The average molecular weight is 105 g/mol. The molecule has 0 fully saturated rings. The third kappa shape index (κ3) is 3.72. The van der Waals surface area contributed by atoms with Crippen molar-refractivity contribution >= 4 is 0 Å². The van der Waals surface area contributed by atoms with E-state index in [0.717, 1.165) is 0 Å². The van der Waals surface area contributed by atoms with Gasteiger partial charge in [0.2, 0.25) is 0 Å². The molecule has 0 spiro atoms. The van der Waals surface area contributed by atoms with Gasteiger partial charge in [-0.25, -0.2) is 0 Å². The Kier molecular flexibility index (Phi) is 3.98. The Hall–Kier alpha value is -0.120. The molecule has 7 heavy (non-hydrogen) atoms. The van der Waals surface area contributed by atoms with Crippen LogP contribution in [0.5, 0.6) is 0 Å². The highest BCUT2D eigenvalue weighted by atomic mass is 16.5. The first-order valence-corrected chi connectivity index (χ1v) is 2.09. The van der Waals surface area contributed by atoms with Crippen molar-refractivity contribution in [2.45, 2.75) is 0 Å². The fraction of sp³-hybridized carbons (Fsp3) is 1.00. The first-order valence-electron chi connectivity index (χ1n) is 2.09. The number of ether oxygens (including phenoxy) is 1. The van der Waals surface area contributed by atoms with Gasteiger partial charge in [-0.15, -0.1) is 0 Å². The van der Waals surface area contributed by atoms with Gasteiger partial charge < -0.3 is 9.84 Å². The van der Waals surface area contributed by atoms with Crippen molar-refractivity contribution in [1.29, 1.82) is 0 Å². The summed E-state index contributed by atoms with van der Waals surface area (Å²) in [5.41, 5.74) is 0. The molecule has 0 bridgehead atoms. The van der Waals surface area contributed by atoms with Gasteiger partial charge in [-0.2, -0.15) is 0 Å². The highest BCUT2D eigenvalue weighted by Gasteiger charge is 1.87. The van der Waals surface area contributed by atoms with Crippen molar-refractivity contribution in [2.75, 3.05) is 27.6 Å². The first kappa shape index (κ1) is 6.88. The van der Waals surface area contributed by atoms with Gasteiger partial charge in [0.25, 0.3) is 0 Å². The third-order valence-corrected chi connectivity index (χ3v) is 0.591. The maximum Gasteiger partial charge on any atom is 0.100 e. The molecule has 0 aromatic heterocycles. The lowest BCUT2D eigenvalue weighted by molar-refractivity contribution is 0.0241. The molecule has 3 nitrogen and oxygen atoms in total. The van der Waals surface area contributed by atoms with E-state index in [0.29, 0.717) is 6.73 Å². The molecule has 0 aromatic carbocycles. The van der Waals surface area contributed by atoms with Crippen LogP contribution in [0.25, 0.3) is 0 Å². The van der Waals surface area contributed by atoms with E-state index in [1.807, 2.05) is 0 Å². The summed E-state index contributed by atoms with van der Waals surface area (Å²) < 4.78 is 4.66. The monoisotopic (exact) mass is 105 g/mol. The lowest BCUT2D eigenvalue weighted by atomic mass is 10.9. The Balaban J connectivity index is 2.83. The van der Waals surface area contributed by atoms with E-state index in [-0.39, 0.29) is 6.73 Å². The van der Waals surface area contributed by atoms with E-state index in [1.165, 1.54) is 0 Å². The van der Waals surface area contributed by atoms with Crippen molar-refractivity contribution in [3.05, 3.63) is 0 Å². The van der Waals surface area contributed by atoms with E-state index in [9.17, 15) is 0 Å². The van der Waals surface area contributed by atoms with Crippen molar-refractivity contribution in [3.63, 3.8) is 0 Å². The van der Waals surface area contributed by atoms with Gasteiger partial charge in [0, 0.05) is 7.11 Å². The molecule has 0 rings (SSSR count). The van der Waals surface area contributed by atoms with E-state index in [2.05, 4.69) is 4.74 Å². The number of aliphatic hydroxyl groups excluding tert-OH is 1. The molecule has 0 unspecified atom stereocenters. The predicted octanol–water partition coefficient (Wildman–Crippen LogP) is -0.528. The van der Waals surface area contributed by atoms with Crippen LogP contribution < -0.4 is 0 Å². The summed E-state index contributed by atoms with van der Waals surface area (Å²) in [5, 5.41) is 8.31. The van der Waals surface area contributed by atoms with Crippen LogP contribution >= 0.6 is 0 Å². The predicted molar refractivity (Wildman–Crippen MR) is 26.7 cm³/mol. The fourth-order valence-electron chi connectivity index (χ4n) is 0.261. The zero-order valence-electron chi connectivity index (χ0n) is 4.72. The molecule has 0 radical (unpaired) electrons. The lowest BCUT2D eigenvalue weighted by Gasteiger charge is -2.09. The summed E-state index contributed by atoms with van der Waals surface area (Å²) in [4.78, 5) is 1.64. The van der Waals surface area contributed by atoms with E-state index >= 15 is 0 Å². The Morgan fingerprint density at radius 1 is 1.71 bits per heavy atom. The minimum Gasteiger partial charge on any atom is -0.381 e. The maximum absolute atomic E-state index is 8.31. The van der Waals surface area contributed by atoms with Crippen molar-refractivity contribution < 1.29 is 9.84 Å². The van der Waals surface area contributed by atoms with Gasteiger partial charge in [0.15, 0.2) is 0 Å². The van der Waals surface area contributed by atoms with E-state index in [1.54, 1.807) is 19.1 Å². The zero-order valence-corrected chi connectivity index (χ0v) is 4.72. The molecular formula is C4H11NO2. The quantitative estimate of drug-likeness (QED) is 0.490. The van der Waals surface area contributed by atoms with Gasteiger partial charge in [0.1, 0.15) is 6.73 Å². The second-order valence-electron chi connectivity index (χ2n) is 1.42. The Bertz CT molecular complexity index is 40.7. The number of hydrogen-bond donors (Lipinski definition) is 1. The topological polar surface area (TPSA) is 32.7 Å². The fourth-order valence-corrected chi connectivity index (χ4v) is 0.261. The molecule has 0 aliphatic rings. The zero-order chi connectivity index (χ0) is 5.70. The molecule has 44 valence electrons. The number of nitrogens with zero attached hydrogens (tertiary/aromatic N) is 1. The van der Waals surface area contributed by atoms with Crippen LogP contribution in [0.3, 0.4) is 0 Å². The molecule has 0 aliphatic heterocycles. The van der Waals surface area contributed by atoms with Crippen LogP contribution in [0.4, 0.5) is 0 Å². The van der Waals surface area contributed by atoms with Crippen molar-refractivity contribution in [3.8, 4) is 0 Å². The highest BCUT2D eigenvalue weighted by Crippen LogP contribution is 1.74. The minimum atomic E-state index is 0.0494. The summed E-state index contributed by atoms with van der Waals surface area (Å²) >= 11 is 0. The molecule has 0 atom stereocenters. The van der Waals surface area contributed by atoms with Crippen LogP contribution in [0.1, 0.15) is 0 Å². The number of hydrogen-bond acceptors (Lipinski definition) is 3. The Morgan fingerprint density at radius 3 is 2.43 bits per heavy atom. The van der Waals surface area contributed by atoms with Gasteiger partial charge >= 0.3 is 0 Å². The van der Waals surface area contributed by atoms with Crippen molar-refractivity contribution in [1.82, 2.24) is 4.90 Å². The molecule has 0 amide bonds. The maximum atomic E-state index is 8.31. The van der Waals surface area contributed by atoms with Gasteiger partial charge in [-0.05, 0) is 7.05 Å². The molecule has 0 saturated carbocycles. The minimum absolute atomic E-state index is 0.0494. The Morgan fingerprint density at radius 2 is 2.29 bits per heavy atom. The molecular weight excluding hydrogens is 94.0 g/mol. The standard InChI is InChI=1S/C4H11NO2/c1-5(3-6)4-7-2/h6H,3-4H2,1-2H3. The summed E-state index contributed by atoms with van der Waals surface area (Å²) in [5.74, 6) is 0. The number of methoxy groups -OCH3 is 1. The summed E-state index contributed by atoms with van der Waals surface area (Å²) in [6, 6.07) is 0. The van der Waals surface area contributed by atoms with E-state index in [4.69, 9.17) is 5.11 Å². The molecule has 3 heteroatoms. The smallest absolute Gasteiger partial charge is 0.100 e. The molecule has 0 aromatic rings. The van der Waals surface area contributed by atoms with Crippen LogP contribution in [-0.2, 0) is 4.74 Å². The normalized spacial score (nSPS) is 10.3. The number of rotatable bonds is 3. The third-order valence-electron chi connectivity index (χ3n) is 0.591. The van der Waals surface area contributed by atoms with Crippen LogP contribution in [-0.4, -0.2) is 37.6 Å². The van der Waals surface area contributed by atoms with E-state index < -0.39 is 0 Å². The molecule has 1 N–H and O–H groups in total. The van der Waals surface area contributed by atoms with Gasteiger partial charge in [0.05, 0.1) is 6.73 Å². The largest absolute Gasteiger partial charge is 0.381 e. The summed E-state index contributed by atoms with van der Waals surface area (Å²) in [6.45, 7) is 0.532. The molecule has 0 heterocycles. The highest BCUT2D eigenvalue weighted by molar-refractivity contribution is 4.25. The second kappa shape index (κ2) is 4.05. The van der Waals surface area contributed by atoms with Gasteiger partial charge in [-0.3, -0.25) is 4.90 Å². The lowest BCUT2D eigenvalue weighted by Crippen LogP contribution is -2.21. The first-order chi connectivity index (χ1) is 3.31. The molecule has 0 saturated heterocycles. The SMILES string of the molecule is COCN(C)CO. The van der Waals surface area contributed by atoms with Gasteiger partial charge in [-0.1, -0.05) is 0 Å². The van der Waals surface area contributed by atoms with Crippen LogP contribution in [0.2, 0.25) is 0 Å².